The second-order valence-corrected chi connectivity index (χ2v) is 8.46. The molecule has 2 aliphatic rings. The first-order valence-electron chi connectivity index (χ1n) is 9.64. The zero-order valence-corrected chi connectivity index (χ0v) is 16.0. The highest BCUT2D eigenvalue weighted by atomic mass is 32.1. The molecule has 2 heterocycles. The molecule has 0 bridgehead atoms. The second-order valence-electron chi connectivity index (χ2n) is 7.42. The molecule has 2 fully saturated rings. The Bertz CT molecular complexity index is 691. The number of carbonyl (C=O) groups is 1. The van der Waals surface area contributed by atoms with Gasteiger partial charge in [0.1, 0.15) is 0 Å². The van der Waals surface area contributed by atoms with Crippen LogP contribution < -0.4 is 5.32 Å². The van der Waals surface area contributed by atoms with Crippen LogP contribution in [0.2, 0.25) is 0 Å². The molecule has 1 aliphatic heterocycles. The highest BCUT2D eigenvalue weighted by Gasteiger charge is 2.34. The van der Waals surface area contributed by atoms with E-state index >= 15 is 0 Å². The summed E-state index contributed by atoms with van der Waals surface area (Å²) in [7, 11) is 0. The molecule has 1 aromatic carbocycles. The number of amides is 2. The fourth-order valence-electron chi connectivity index (χ4n) is 3.66. The van der Waals surface area contributed by atoms with Crippen LogP contribution in [-0.2, 0) is 13.1 Å². The lowest BCUT2D eigenvalue weighted by Crippen LogP contribution is -2.49. The van der Waals surface area contributed by atoms with Gasteiger partial charge in [-0.25, -0.2) is 4.79 Å². The fourth-order valence-corrected chi connectivity index (χ4v) is 4.36. The molecule has 0 radical (unpaired) electrons. The molecule has 1 aliphatic carbocycles. The van der Waals surface area contributed by atoms with Crippen molar-refractivity contribution in [2.75, 3.05) is 13.1 Å². The summed E-state index contributed by atoms with van der Waals surface area (Å²) in [4.78, 5) is 18.6. The maximum Gasteiger partial charge on any atom is 0.318 e. The van der Waals surface area contributed by atoms with Gasteiger partial charge in [0.05, 0.1) is 6.54 Å². The van der Waals surface area contributed by atoms with E-state index in [4.69, 9.17) is 0 Å². The number of piperidine rings is 1. The van der Waals surface area contributed by atoms with Crippen LogP contribution in [0.4, 0.5) is 4.79 Å². The van der Waals surface area contributed by atoms with E-state index in [1.165, 1.54) is 10.4 Å². The van der Waals surface area contributed by atoms with E-state index in [1.807, 2.05) is 4.90 Å². The van der Waals surface area contributed by atoms with Crippen LogP contribution in [-0.4, -0.2) is 41.0 Å². The van der Waals surface area contributed by atoms with E-state index in [0.717, 1.165) is 51.9 Å². The number of rotatable bonds is 6. The molecule has 0 spiro atoms. The van der Waals surface area contributed by atoms with E-state index in [9.17, 15) is 4.79 Å². The number of thiophene rings is 1. The Morgan fingerprint density at radius 2 is 1.85 bits per heavy atom. The molecule has 1 saturated carbocycles. The first-order chi connectivity index (χ1) is 12.8. The van der Waals surface area contributed by atoms with Crippen molar-refractivity contribution in [3.05, 3.63) is 58.3 Å². The first kappa shape index (κ1) is 17.6. The molecule has 1 saturated heterocycles. The van der Waals surface area contributed by atoms with Crippen molar-refractivity contribution in [3.8, 4) is 0 Å². The van der Waals surface area contributed by atoms with Crippen LogP contribution in [0.15, 0.2) is 47.8 Å². The highest BCUT2D eigenvalue weighted by molar-refractivity contribution is 7.09. The lowest BCUT2D eigenvalue weighted by molar-refractivity contribution is 0.165. The van der Waals surface area contributed by atoms with Crippen LogP contribution in [0.1, 0.15) is 36.1 Å². The second kappa shape index (κ2) is 8.23. The van der Waals surface area contributed by atoms with Crippen molar-refractivity contribution >= 4 is 17.4 Å². The summed E-state index contributed by atoms with van der Waals surface area (Å²) in [6.07, 6.45) is 4.37. The summed E-state index contributed by atoms with van der Waals surface area (Å²) < 4.78 is 0. The van der Waals surface area contributed by atoms with Gasteiger partial charge < -0.3 is 10.2 Å². The van der Waals surface area contributed by atoms with Crippen molar-refractivity contribution in [1.29, 1.82) is 0 Å². The molecule has 26 heavy (non-hydrogen) atoms. The van der Waals surface area contributed by atoms with Crippen LogP contribution in [0.25, 0.3) is 0 Å². The normalized spacial score (nSPS) is 18.6. The van der Waals surface area contributed by atoms with Gasteiger partial charge in [-0.05, 0) is 42.7 Å². The average Bonchev–Trinajstić information content (AvgIpc) is 3.37. The van der Waals surface area contributed by atoms with Crippen LogP contribution in [0.5, 0.6) is 0 Å². The highest BCUT2D eigenvalue weighted by Crippen LogP contribution is 2.29. The third-order valence-electron chi connectivity index (χ3n) is 5.32. The van der Waals surface area contributed by atoms with Gasteiger partial charge in [-0.1, -0.05) is 36.4 Å². The van der Waals surface area contributed by atoms with Gasteiger partial charge in [0.2, 0.25) is 0 Å². The molecule has 1 N–H and O–H groups in total. The molecule has 4 rings (SSSR count). The van der Waals surface area contributed by atoms with Gasteiger partial charge >= 0.3 is 6.03 Å². The van der Waals surface area contributed by atoms with Crippen LogP contribution in [0, 0.1) is 0 Å². The number of carbonyl (C=O) groups excluding carboxylic acids is 1. The van der Waals surface area contributed by atoms with Gasteiger partial charge in [-0.2, -0.15) is 0 Å². The third kappa shape index (κ3) is 4.65. The Morgan fingerprint density at radius 3 is 2.50 bits per heavy atom. The quantitative estimate of drug-likeness (QED) is 0.832. The smallest absolute Gasteiger partial charge is 0.318 e. The predicted molar refractivity (Wildman–Crippen MR) is 106 cm³/mol. The summed E-state index contributed by atoms with van der Waals surface area (Å²) in [6, 6.07) is 15.7. The molecule has 1 aromatic heterocycles. The molecular weight excluding hydrogens is 342 g/mol. The molecule has 5 heteroatoms. The van der Waals surface area contributed by atoms with Crippen molar-refractivity contribution in [2.45, 2.75) is 50.9 Å². The minimum atomic E-state index is 0.127. The zero-order valence-electron chi connectivity index (χ0n) is 15.1. The zero-order chi connectivity index (χ0) is 17.8. The molecular formula is C21H27N3OS. The molecule has 2 aromatic rings. The van der Waals surface area contributed by atoms with Gasteiger partial charge in [0.15, 0.2) is 0 Å². The van der Waals surface area contributed by atoms with Crippen LogP contribution in [0.3, 0.4) is 0 Å². The predicted octanol–water partition coefficient (Wildman–Crippen LogP) is 4.09. The molecule has 2 amide bonds. The average molecular weight is 370 g/mol. The summed E-state index contributed by atoms with van der Waals surface area (Å²) in [5.74, 6) is 0. The van der Waals surface area contributed by atoms with E-state index in [0.29, 0.717) is 12.1 Å². The number of likely N-dealkylation sites (tertiary alicyclic amines) is 1. The molecule has 0 atom stereocenters. The van der Waals surface area contributed by atoms with Gasteiger partial charge in [-0.15, -0.1) is 11.3 Å². The van der Waals surface area contributed by atoms with E-state index < -0.39 is 0 Å². The maximum absolute atomic E-state index is 12.8. The van der Waals surface area contributed by atoms with Gasteiger partial charge in [-0.3, -0.25) is 4.90 Å². The molecule has 0 unspecified atom stereocenters. The lowest BCUT2D eigenvalue weighted by Gasteiger charge is -2.34. The molecule has 138 valence electrons. The molecule has 4 nitrogen and oxygen atoms in total. The Morgan fingerprint density at radius 1 is 1.08 bits per heavy atom. The van der Waals surface area contributed by atoms with Crippen molar-refractivity contribution in [3.63, 3.8) is 0 Å². The van der Waals surface area contributed by atoms with Crippen molar-refractivity contribution in [2.24, 2.45) is 0 Å². The minimum absolute atomic E-state index is 0.127. The topological polar surface area (TPSA) is 35.6 Å². The Balaban J connectivity index is 1.26. The number of hydrogen-bond donors (Lipinski definition) is 1. The standard InChI is InChI=1S/C21H27N3OS/c25-21(24(19-8-9-19)16-20-7-4-14-26-20)22-18-10-12-23(13-11-18)15-17-5-2-1-3-6-17/h1-7,14,18-19H,8-13,15-16H2,(H,22,25). The van der Waals surface area contributed by atoms with E-state index in [-0.39, 0.29) is 6.03 Å². The lowest BCUT2D eigenvalue weighted by atomic mass is 10.0. The monoisotopic (exact) mass is 369 g/mol. The number of nitrogens with zero attached hydrogens (tertiary/aromatic N) is 2. The summed E-state index contributed by atoms with van der Waals surface area (Å²) >= 11 is 1.73. The SMILES string of the molecule is O=C(NC1CCN(Cc2ccccc2)CC1)N(Cc1cccs1)C1CC1. The maximum atomic E-state index is 12.8. The fraction of sp³-hybridized carbons (Fsp3) is 0.476. The van der Waals surface area contributed by atoms with Crippen LogP contribution >= 0.6 is 11.3 Å². The largest absolute Gasteiger partial charge is 0.335 e. The minimum Gasteiger partial charge on any atom is -0.335 e. The number of benzene rings is 1. The number of urea groups is 1. The Labute approximate surface area is 159 Å². The van der Waals surface area contributed by atoms with Gasteiger partial charge in [0.25, 0.3) is 0 Å². The number of nitrogens with one attached hydrogen (secondary N) is 1. The van der Waals surface area contributed by atoms with E-state index in [2.05, 4.69) is 58.1 Å². The summed E-state index contributed by atoms with van der Waals surface area (Å²) in [5.41, 5.74) is 1.37. The van der Waals surface area contributed by atoms with Gasteiger partial charge in [0, 0.05) is 36.6 Å². The third-order valence-corrected chi connectivity index (χ3v) is 6.18. The van der Waals surface area contributed by atoms with Crippen molar-refractivity contribution in [1.82, 2.24) is 15.1 Å². The number of hydrogen-bond acceptors (Lipinski definition) is 3. The van der Waals surface area contributed by atoms with E-state index in [1.54, 1.807) is 11.3 Å². The Hall–Kier alpha value is -1.85. The summed E-state index contributed by atoms with van der Waals surface area (Å²) in [5, 5.41) is 5.39. The summed E-state index contributed by atoms with van der Waals surface area (Å²) in [6.45, 7) is 3.86. The first-order valence-corrected chi connectivity index (χ1v) is 10.5. The van der Waals surface area contributed by atoms with Crippen molar-refractivity contribution < 1.29 is 4.79 Å². The Kier molecular flexibility index (Phi) is 5.56.